The fourth-order valence-corrected chi connectivity index (χ4v) is 1.53. The maximum absolute atomic E-state index is 12.8. The lowest BCUT2D eigenvalue weighted by atomic mass is 10.4. The highest BCUT2D eigenvalue weighted by atomic mass is 19.4. The van der Waals surface area contributed by atoms with Crippen molar-refractivity contribution in [3.63, 3.8) is 0 Å². The van der Waals surface area contributed by atoms with Crippen LogP contribution in [0.4, 0.5) is 19.1 Å². The molecule has 2 aromatic rings. The van der Waals surface area contributed by atoms with Crippen molar-refractivity contribution in [3.8, 4) is 5.88 Å². The Labute approximate surface area is 118 Å². The van der Waals surface area contributed by atoms with Gasteiger partial charge in [-0.25, -0.2) is 15.0 Å². The topological polar surface area (TPSA) is 64.0 Å². The minimum atomic E-state index is -4.57. The molecule has 0 bridgehead atoms. The predicted molar refractivity (Wildman–Crippen MR) is 67.7 cm³/mol. The summed E-state index contributed by atoms with van der Waals surface area (Å²) in [4.78, 5) is 16.8. The van der Waals surface area contributed by atoms with Crippen LogP contribution in [0.2, 0.25) is 0 Å². The zero-order chi connectivity index (χ0) is 15.5. The number of alkyl halides is 3. The molecule has 0 saturated heterocycles. The molecule has 2 heterocycles. The summed E-state index contributed by atoms with van der Waals surface area (Å²) in [6.45, 7) is 0.172. The van der Waals surface area contributed by atoms with Crippen molar-refractivity contribution >= 4 is 5.95 Å². The fraction of sp³-hybridized carbons (Fsp3) is 0.333. The number of hydrogen-bond donors (Lipinski definition) is 0. The monoisotopic (exact) mass is 299 g/mol. The quantitative estimate of drug-likeness (QED) is 0.859. The first-order chi connectivity index (χ1) is 9.90. The fourth-order valence-electron chi connectivity index (χ4n) is 1.53. The Morgan fingerprint density at radius 1 is 1.19 bits per heavy atom. The van der Waals surface area contributed by atoms with Crippen molar-refractivity contribution in [3.05, 3.63) is 36.0 Å². The van der Waals surface area contributed by atoms with E-state index in [0.717, 1.165) is 6.07 Å². The Kier molecular flexibility index (Phi) is 4.20. The summed E-state index contributed by atoms with van der Waals surface area (Å²) in [6, 6.07) is 2.39. The normalized spacial score (nSPS) is 11.3. The number of halogens is 3. The van der Waals surface area contributed by atoms with Crippen LogP contribution in [0.15, 0.2) is 24.5 Å². The van der Waals surface area contributed by atoms with E-state index in [0.29, 0.717) is 5.82 Å². The third-order valence-corrected chi connectivity index (χ3v) is 2.53. The summed E-state index contributed by atoms with van der Waals surface area (Å²) in [5.41, 5.74) is -1.06. The van der Waals surface area contributed by atoms with Gasteiger partial charge in [0, 0.05) is 25.5 Å². The molecule has 0 fully saturated rings. The molecule has 0 aliphatic heterocycles. The molecule has 112 valence electrons. The molecule has 0 atom stereocenters. The number of hydrogen-bond acceptors (Lipinski definition) is 6. The van der Waals surface area contributed by atoms with E-state index >= 15 is 0 Å². The third-order valence-electron chi connectivity index (χ3n) is 2.53. The zero-order valence-electron chi connectivity index (χ0n) is 11.3. The highest BCUT2D eigenvalue weighted by molar-refractivity contribution is 5.34. The van der Waals surface area contributed by atoms with Crippen LogP contribution in [0, 0.1) is 0 Å². The number of aromatic nitrogens is 4. The lowest BCUT2D eigenvalue weighted by Crippen LogP contribution is -2.22. The molecule has 0 aliphatic rings. The number of methoxy groups -OCH3 is 1. The van der Waals surface area contributed by atoms with Gasteiger partial charge < -0.3 is 9.64 Å². The van der Waals surface area contributed by atoms with Gasteiger partial charge in [0.05, 0.1) is 13.7 Å². The molecule has 0 aliphatic carbocycles. The van der Waals surface area contributed by atoms with Crippen LogP contribution in [0.1, 0.15) is 11.5 Å². The van der Waals surface area contributed by atoms with Crippen LogP contribution in [0.5, 0.6) is 5.88 Å². The van der Waals surface area contributed by atoms with E-state index in [1.807, 2.05) is 0 Å². The molecule has 2 aromatic heterocycles. The van der Waals surface area contributed by atoms with Gasteiger partial charge in [-0.15, -0.1) is 0 Å². The van der Waals surface area contributed by atoms with Gasteiger partial charge in [0.25, 0.3) is 0 Å². The second kappa shape index (κ2) is 5.90. The average molecular weight is 299 g/mol. The number of anilines is 1. The van der Waals surface area contributed by atoms with E-state index in [9.17, 15) is 13.2 Å². The van der Waals surface area contributed by atoms with Crippen LogP contribution >= 0.6 is 0 Å². The van der Waals surface area contributed by atoms with Crippen LogP contribution in [-0.4, -0.2) is 34.1 Å². The first-order valence-corrected chi connectivity index (χ1v) is 5.87. The molecule has 0 radical (unpaired) electrons. The Hall–Kier alpha value is -2.45. The lowest BCUT2D eigenvalue weighted by molar-refractivity contribution is -0.141. The van der Waals surface area contributed by atoms with Crippen molar-refractivity contribution < 1.29 is 17.9 Å². The van der Waals surface area contributed by atoms with Gasteiger partial charge in [0.1, 0.15) is 5.82 Å². The largest absolute Gasteiger partial charge is 0.481 e. The molecule has 0 unspecified atom stereocenters. The van der Waals surface area contributed by atoms with Crippen molar-refractivity contribution in [1.82, 2.24) is 19.9 Å². The summed E-state index contributed by atoms with van der Waals surface area (Å²) < 4.78 is 43.1. The number of nitrogens with zero attached hydrogens (tertiary/aromatic N) is 5. The third kappa shape index (κ3) is 3.77. The van der Waals surface area contributed by atoms with Crippen molar-refractivity contribution in [2.24, 2.45) is 0 Å². The van der Waals surface area contributed by atoms with Gasteiger partial charge in [-0.05, 0) is 6.07 Å². The van der Waals surface area contributed by atoms with Gasteiger partial charge in [-0.1, -0.05) is 0 Å². The first kappa shape index (κ1) is 14.9. The molecule has 21 heavy (non-hydrogen) atoms. The Morgan fingerprint density at radius 3 is 2.43 bits per heavy atom. The Morgan fingerprint density at radius 2 is 1.86 bits per heavy atom. The first-order valence-electron chi connectivity index (χ1n) is 5.87. The highest BCUT2D eigenvalue weighted by Crippen LogP contribution is 2.30. The van der Waals surface area contributed by atoms with Crippen LogP contribution in [0.3, 0.4) is 0 Å². The summed E-state index contributed by atoms with van der Waals surface area (Å²) >= 11 is 0. The van der Waals surface area contributed by atoms with E-state index < -0.39 is 11.9 Å². The molecule has 6 nitrogen and oxygen atoms in total. The van der Waals surface area contributed by atoms with Crippen molar-refractivity contribution in [2.75, 3.05) is 19.1 Å². The molecule has 2 rings (SSSR count). The van der Waals surface area contributed by atoms with Crippen molar-refractivity contribution in [2.45, 2.75) is 12.7 Å². The second-order valence-corrected chi connectivity index (χ2v) is 4.11. The molecular weight excluding hydrogens is 287 g/mol. The molecule has 0 saturated carbocycles. The Balaban J connectivity index is 2.30. The molecule has 9 heteroatoms. The second-order valence-electron chi connectivity index (χ2n) is 4.11. The van der Waals surface area contributed by atoms with E-state index in [-0.39, 0.29) is 18.4 Å². The average Bonchev–Trinajstić information content (AvgIpc) is 2.46. The van der Waals surface area contributed by atoms with E-state index in [2.05, 4.69) is 19.9 Å². The standard InChI is InChI=1S/C12H12F3N5O/c1-20(7-9-16-4-3-5-17-9)11-18-8(12(13,14)15)6-10(19-11)21-2/h3-6H,7H2,1-2H3. The van der Waals surface area contributed by atoms with Gasteiger partial charge in [0.15, 0.2) is 5.69 Å². The molecule has 0 N–H and O–H groups in total. The van der Waals surface area contributed by atoms with E-state index in [1.165, 1.54) is 12.0 Å². The summed E-state index contributed by atoms with van der Waals surface area (Å²) in [5, 5.41) is 0. The lowest BCUT2D eigenvalue weighted by Gasteiger charge is -2.18. The number of rotatable bonds is 4. The van der Waals surface area contributed by atoms with Gasteiger partial charge in [0.2, 0.25) is 11.8 Å². The maximum atomic E-state index is 12.8. The predicted octanol–water partition coefficient (Wildman–Crippen LogP) is 1.93. The summed E-state index contributed by atoms with van der Waals surface area (Å²) in [5.74, 6) is 0.169. The zero-order valence-corrected chi connectivity index (χ0v) is 11.3. The minimum absolute atomic E-state index is 0.117. The summed E-state index contributed by atoms with van der Waals surface area (Å²) in [6.07, 6.45) is -1.48. The number of ether oxygens (including phenoxy) is 1. The van der Waals surface area contributed by atoms with Crippen molar-refractivity contribution in [1.29, 1.82) is 0 Å². The molecular formula is C12H12F3N5O. The Bertz CT molecular complexity index is 606. The highest BCUT2D eigenvalue weighted by Gasteiger charge is 2.34. The molecule has 0 spiro atoms. The maximum Gasteiger partial charge on any atom is 0.433 e. The molecule has 0 amide bonds. The molecule has 0 aromatic carbocycles. The van der Waals surface area contributed by atoms with Gasteiger partial charge in [-0.2, -0.15) is 18.2 Å². The van der Waals surface area contributed by atoms with E-state index in [1.54, 1.807) is 25.5 Å². The van der Waals surface area contributed by atoms with Crippen LogP contribution in [0.25, 0.3) is 0 Å². The smallest absolute Gasteiger partial charge is 0.433 e. The SMILES string of the molecule is COc1cc(C(F)(F)F)nc(N(C)Cc2ncccn2)n1. The van der Waals surface area contributed by atoms with Crippen LogP contribution < -0.4 is 9.64 Å². The van der Waals surface area contributed by atoms with Crippen LogP contribution in [-0.2, 0) is 12.7 Å². The van der Waals surface area contributed by atoms with Gasteiger partial charge in [-0.3, -0.25) is 0 Å². The summed E-state index contributed by atoms with van der Waals surface area (Å²) in [7, 11) is 2.79. The minimum Gasteiger partial charge on any atom is -0.481 e. The van der Waals surface area contributed by atoms with Gasteiger partial charge >= 0.3 is 6.18 Å². The van der Waals surface area contributed by atoms with E-state index in [4.69, 9.17) is 4.74 Å².